The van der Waals surface area contributed by atoms with Gasteiger partial charge in [0, 0.05) is 22.0 Å². The molecule has 1 nitrogen and oxygen atoms in total. The highest BCUT2D eigenvalue weighted by atomic mass is 15.0. The van der Waals surface area contributed by atoms with Gasteiger partial charge in [0.05, 0.1) is 5.52 Å². The predicted octanol–water partition coefficient (Wildman–Crippen LogP) is 9.17. The molecule has 0 atom stereocenters. The molecule has 0 saturated heterocycles. The van der Waals surface area contributed by atoms with E-state index in [1.54, 1.807) is 0 Å². The van der Waals surface area contributed by atoms with E-state index < -0.39 is 0 Å². The van der Waals surface area contributed by atoms with E-state index in [2.05, 4.69) is 167 Å². The van der Waals surface area contributed by atoms with E-state index in [1.165, 1.54) is 88.4 Å². The first-order valence-corrected chi connectivity index (χ1v) is 16.1. The quantitative estimate of drug-likeness (QED) is 0.184. The predicted molar refractivity (Wildman–Crippen MR) is 196 cm³/mol. The second kappa shape index (κ2) is 10.1. The highest BCUT2D eigenvalue weighted by Crippen LogP contribution is 2.39. The average Bonchev–Trinajstić information content (AvgIpc) is 3.36. The molecule has 0 aliphatic carbocycles. The molecular formula is C43H38BN. The van der Waals surface area contributed by atoms with Crippen LogP contribution in [0.15, 0.2) is 121 Å². The Morgan fingerprint density at radius 3 is 1.80 bits per heavy atom. The minimum absolute atomic E-state index is 0.0419. The Bertz CT molecular complexity index is 2240. The zero-order valence-electron chi connectivity index (χ0n) is 27.1. The molecule has 7 aromatic rings. The first kappa shape index (κ1) is 27.7. The lowest BCUT2D eigenvalue weighted by atomic mass is 9.34. The summed E-state index contributed by atoms with van der Waals surface area (Å²) < 4.78 is 2.57. The van der Waals surface area contributed by atoms with E-state index in [-0.39, 0.29) is 12.1 Å². The van der Waals surface area contributed by atoms with Crippen molar-refractivity contribution in [1.82, 2.24) is 4.57 Å². The second-order valence-electron chi connectivity index (χ2n) is 14.0. The Kier molecular flexibility index (Phi) is 6.22. The summed E-state index contributed by atoms with van der Waals surface area (Å²) in [7, 11) is 0. The van der Waals surface area contributed by atoms with Gasteiger partial charge in [0.1, 0.15) is 0 Å². The summed E-state index contributed by atoms with van der Waals surface area (Å²) in [5.41, 5.74) is 18.5. The summed E-state index contributed by atoms with van der Waals surface area (Å²) in [5, 5.41) is 2.62. The van der Waals surface area contributed by atoms with Gasteiger partial charge in [-0.25, -0.2) is 0 Å². The topological polar surface area (TPSA) is 4.93 Å². The van der Waals surface area contributed by atoms with Crippen molar-refractivity contribution in [3.8, 4) is 27.9 Å². The normalized spacial score (nSPS) is 12.6. The zero-order valence-corrected chi connectivity index (χ0v) is 27.1. The first-order chi connectivity index (χ1) is 21.7. The van der Waals surface area contributed by atoms with Gasteiger partial charge >= 0.3 is 0 Å². The van der Waals surface area contributed by atoms with Crippen LogP contribution in [0.3, 0.4) is 0 Å². The van der Waals surface area contributed by atoms with Crippen molar-refractivity contribution in [3.63, 3.8) is 0 Å². The van der Waals surface area contributed by atoms with Crippen molar-refractivity contribution < 1.29 is 0 Å². The zero-order chi connectivity index (χ0) is 31.0. The average molecular weight is 580 g/mol. The van der Waals surface area contributed by atoms with Crippen molar-refractivity contribution in [2.75, 3.05) is 0 Å². The van der Waals surface area contributed by atoms with Gasteiger partial charge in [-0.2, -0.15) is 0 Å². The van der Waals surface area contributed by atoms with Crippen LogP contribution in [0.25, 0.3) is 49.7 Å². The fourth-order valence-electron chi connectivity index (χ4n) is 7.83. The molecule has 2 heterocycles. The van der Waals surface area contributed by atoms with Crippen molar-refractivity contribution >= 4 is 44.9 Å². The standard InChI is InChI=1S/C43H38BN/c1-27-21-28(2)41(29(3)22-27)44-37-19-18-34(43(4,5)6)26-40(37)45-39-20-17-32(30-13-9-7-10-14-30)23-35(39)36-24-33(25-38(44)42(36)45)31-15-11-8-12-16-31/h7-26H,1-6H3. The largest absolute Gasteiger partial charge is 0.310 e. The molecule has 0 unspecified atom stereocenters. The number of fused-ring (bicyclic) bond motifs is 5. The third-order valence-corrected chi connectivity index (χ3v) is 9.89. The summed E-state index contributed by atoms with van der Waals surface area (Å²) >= 11 is 0. The Morgan fingerprint density at radius 2 is 1.16 bits per heavy atom. The van der Waals surface area contributed by atoms with E-state index in [9.17, 15) is 0 Å². The Hall–Kier alpha value is -4.82. The summed E-state index contributed by atoms with van der Waals surface area (Å²) in [6, 6.07) is 45.6. The van der Waals surface area contributed by atoms with E-state index >= 15 is 0 Å². The number of hydrogen-bond donors (Lipinski definition) is 0. The van der Waals surface area contributed by atoms with Gasteiger partial charge in [-0.15, -0.1) is 0 Å². The molecule has 8 rings (SSSR count). The lowest BCUT2D eigenvalue weighted by Gasteiger charge is -2.31. The minimum atomic E-state index is 0.0419. The van der Waals surface area contributed by atoms with Gasteiger partial charge in [0.25, 0.3) is 0 Å². The molecule has 1 aliphatic heterocycles. The smallest absolute Gasteiger partial charge is 0.247 e. The van der Waals surface area contributed by atoms with Crippen LogP contribution in [0.2, 0.25) is 0 Å². The molecule has 218 valence electrons. The molecule has 0 spiro atoms. The molecule has 0 radical (unpaired) electrons. The fraction of sp³-hybridized carbons (Fsp3) is 0.163. The van der Waals surface area contributed by atoms with Gasteiger partial charge < -0.3 is 4.57 Å². The van der Waals surface area contributed by atoms with Crippen LogP contribution in [0.5, 0.6) is 0 Å². The van der Waals surface area contributed by atoms with Gasteiger partial charge in [0.2, 0.25) is 6.71 Å². The third kappa shape index (κ3) is 4.38. The lowest BCUT2D eigenvalue weighted by molar-refractivity contribution is 0.590. The molecule has 6 aromatic carbocycles. The number of hydrogen-bond acceptors (Lipinski definition) is 0. The number of nitrogens with zero attached hydrogens (tertiary/aromatic N) is 1. The summed E-state index contributed by atoms with van der Waals surface area (Å²) in [5.74, 6) is 0. The van der Waals surface area contributed by atoms with Gasteiger partial charge in [-0.05, 0) is 89.2 Å². The van der Waals surface area contributed by atoms with E-state index in [0.717, 1.165) is 0 Å². The second-order valence-corrected chi connectivity index (χ2v) is 14.0. The lowest BCUT2D eigenvalue weighted by Crippen LogP contribution is -2.57. The molecule has 0 bridgehead atoms. The van der Waals surface area contributed by atoms with Crippen LogP contribution in [-0.2, 0) is 5.41 Å². The summed E-state index contributed by atoms with van der Waals surface area (Å²) in [6.45, 7) is 13.9. The number of benzene rings is 6. The van der Waals surface area contributed by atoms with Crippen LogP contribution < -0.4 is 16.4 Å². The highest BCUT2D eigenvalue weighted by Gasteiger charge is 2.36. The molecule has 0 fully saturated rings. The van der Waals surface area contributed by atoms with E-state index in [4.69, 9.17) is 0 Å². The van der Waals surface area contributed by atoms with Crippen molar-refractivity contribution in [3.05, 3.63) is 144 Å². The maximum Gasteiger partial charge on any atom is 0.247 e. The van der Waals surface area contributed by atoms with Crippen LogP contribution in [-0.4, -0.2) is 11.3 Å². The number of aromatic nitrogens is 1. The van der Waals surface area contributed by atoms with E-state index in [0.29, 0.717) is 0 Å². The molecule has 0 N–H and O–H groups in total. The fourth-order valence-corrected chi connectivity index (χ4v) is 7.83. The van der Waals surface area contributed by atoms with Crippen LogP contribution in [0, 0.1) is 20.8 Å². The van der Waals surface area contributed by atoms with E-state index in [1.807, 2.05) is 0 Å². The van der Waals surface area contributed by atoms with Crippen molar-refractivity contribution in [2.24, 2.45) is 0 Å². The summed E-state index contributed by atoms with van der Waals surface area (Å²) in [4.78, 5) is 0. The monoisotopic (exact) mass is 579 g/mol. The maximum absolute atomic E-state index is 2.57. The van der Waals surface area contributed by atoms with Crippen LogP contribution >= 0.6 is 0 Å². The molecular weight excluding hydrogens is 541 g/mol. The SMILES string of the molecule is Cc1cc(C)c(B2c3ccc(C(C)(C)C)cc3-n3c4ccc(-c5ccccc5)cc4c4cc(-c5ccccc5)cc2c43)c(C)c1. The Labute approximate surface area is 267 Å². The third-order valence-electron chi connectivity index (χ3n) is 9.89. The molecule has 45 heavy (non-hydrogen) atoms. The van der Waals surface area contributed by atoms with Crippen LogP contribution in [0.4, 0.5) is 0 Å². The molecule has 0 amide bonds. The maximum atomic E-state index is 2.57. The van der Waals surface area contributed by atoms with Crippen molar-refractivity contribution in [2.45, 2.75) is 47.0 Å². The Balaban J connectivity index is 1.55. The van der Waals surface area contributed by atoms with Crippen molar-refractivity contribution in [1.29, 1.82) is 0 Å². The Morgan fingerprint density at radius 1 is 0.533 bits per heavy atom. The molecule has 1 aromatic heterocycles. The molecule has 0 saturated carbocycles. The highest BCUT2D eigenvalue weighted by molar-refractivity contribution is 6.98. The molecule has 2 heteroatoms. The first-order valence-electron chi connectivity index (χ1n) is 16.1. The number of aryl methyl sites for hydroxylation is 3. The minimum Gasteiger partial charge on any atom is -0.310 e. The van der Waals surface area contributed by atoms with Gasteiger partial charge in [-0.1, -0.05) is 140 Å². The summed E-state index contributed by atoms with van der Waals surface area (Å²) in [6.07, 6.45) is 0. The van der Waals surface area contributed by atoms with Crippen LogP contribution in [0.1, 0.15) is 43.0 Å². The number of rotatable bonds is 3. The van der Waals surface area contributed by atoms with Gasteiger partial charge in [-0.3, -0.25) is 0 Å². The van der Waals surface area contributed by atoms with Gasteiger partial charge in [0.15, 0.2) is 0 Å². The molecule has 1 aliphatic rings.